The van der Waals surface area contributed by atoms with Crippen molar-refractivity contribution in [3.8, 4) is 11.5 Å². The third-order valence-corrected chi connectivity index (χ3v) is 8.18. The topological polar surface area (TPSA) is 84.9 Å². The lowest BCUT2D eigenvalue weighted by Gasteiger charge is -2.39. The number of halogens is 1. The van der Waals surface area contributed by atoms with Gasteiger partial charge in [-0.25, -0.2) is 12.8 Å². The highest BCUT2D eigenvalue weighted by molar-refractivity contribution is 7.89. The second-order valence-corrected chi connectivity index (χ2v) is 11.1. The van der Waals surface area contributed by atoms with Crippen molar-refractivity contribution in [2.45, 2.75) is 49.6 Å². The lowest BCUT2D eigenvalue weighted by atomic mass is 9.88. The molecule has 2 aromatic carbocycles. The second kappa shape index (κ2) is 8.95. The van der Waals surface area contributed by atoms with Gasteiger partial charge in [0.1, 0.15) is 22.9 Å². The van der Waals surface area contributed by atoms with Gasteiger partial charge in [-0.05, 0) is 63.1 Å². The Morgan fingerprint density at radius 3 is 2.45 bits per heavy atom. The number of hydrogen-bond acceptors (Lipinski definition) is 5. The Bertz CT molecular complexity index is 1130. The van der Waals surface area contributed by atoms with Gasteiger partial charge in [-0.15, -0.1) is 0 Å². The second-order valence-electron chi connectivity index (χ2n) is 9.16. The molecule has 1 amide bonds. The summed E-state index contributed by atoms with van der Waals surface area (Å²) in [5.74, 6) is 0.527. The van der Waals surface area contributed by atoms with Crippen molar-refractivity contribution >= 4 is 15.9 Å². The maximum atomic E-state index is 13.2. The van der Waals surface area contributed by atoms with Gasteiger partial charge in [0, 0.05) is 37.1 Å². The number of methoxy groups -OCH3 is 1. The number of fused-ring (bicyclic) bond motifs is 1. The summed E-state index contributed by atoms with van der Waals surface area (Å²) in [6, 6.07) is 10.2. The average Bonchev–Trinajstić information content (AvgIpc) is 2.78. The summed E-state index contributed by atoms with van der Waals surface area (Å²) in [6.45, 7) is 4.44. The molecule has 0 saturated carbocycles. The fourth-order valence-electron chi connectivity index (χ4n) is 4.49. The lowest BCUT2D eigenvalue weighted by molar-refractivity contribution is -0.127. The maximum absolute atomic E-state index is 13.2. The van der Waals surface area contributed by atoms with Crippen LogP contribution in [0.1, 0.15) is 44.7 Å². The first-order valence-electron chi connectivity index (χ1n) is 11.0. The van der Waals surface area contributed by atoms with Crippen LogP contribution in [0.25, 0.3) is 0 Å². The van der Waals surface area contributed by atoms with E-state index in [1.807, 2.05) is 32.0 Å². The van der Waals surface area contributed by atoms with Crippen molar-refractivity contribution < 1.29 is 27.1 Å². The molecule has 2 aliphatic rings. The summed E-state index contributed by atoms with van der Waals surface area (Å²) < 4.78 is 51.6. The molecule has 0 bridgehead atoms. The smallest absolute Gasteiger partial charge is 0.243 e. The summed E-state index contributed by atoms with van der Waals surface area (Å²) in [5.41, 5.74) is 0.448. The molecule has 9 heteroatoms. The molecule has 2 aromatic rings. The first-order chi connectivity index (χ1) is 15.6. The van der Waals surface area contributed by atoms with Gasteiger partial charge >= 0.3 is 0 Å². The molecule has 0 aromatic heterocycles. The summed E-state index contributed by atoms with van der Waals surface area (Å²) in [5, 5.41) is 3.16. The van der Waals surface area contributed by atoms with E-state index >= 15 is 0 Å². The first kappa shape index (κ1) is 23.5. The molecule has 1 fully saturated rings. The molecule has 4 rings (SSSR count). The van der Waals surface area contributed by atoms with Gasteiger partial charge in [-0.3, -0.25) is 4.79 Å². The summed E-state index contributed by atoms with van der Waals surface area (Å²) in [6.07, 6.45) is 1.47. The van der Waals surface area contributed by atoms with Crippen LogP contribution in [0, 0.1) is 11.7 Å². The van der Waals surface area contributed by atoms with Crippen molar-refractivity contribution in [2.75, 3.05) is 20.2 Å². The monoisotopic (exact) mass is 476 g/mol. The first-order valence-corrected chi connectivity index (χ1v) is 12.5. The van der Waals surface area contributed by atoms with E-state index in [4.69, 9.17) is 9.47 Å². The number of ether oxygens (including phenoxy) is 2. The molecule has 2 aliphatic heterocycles. The maximum Gasteiger partial charge on any atom is 0.243 e. The number of benzene rings is 2. The molecule has 178 valence electrons. The molecule has 7 nitrogen and oxygen atoms in total. The Hall–Kier alpha value is -2.65. The van der Waals surface area contributed by atoms with Crippen molar-refractivity contribution in [1.82, 2.24) is 9.62 Å². The van der Waals surface area contributed by atoms with E-state index in [1.54, 1.807) is 7.11 Å². The number of piperidine rings is 1. The molecule has 0 unspecified atom stereocenters. The van der Waals surface area contributed by atoms with Gasteiger partial charge in [-0.2, -0.15) is 4.31 Å². The number of sulfonamides is 1. The summed E-state index contributed by atoms with van der Waals surface area (Å²) in [7, 11) is -2.12. The molecule has 0 radical (unpaired) electrons. The molecule has 1 atom stereocenters. The molecule has 1 N–H and O–H groups in total. The third-order valence-electron chi connectivity index (χ3n) is 6.27. The van der Waals surface area contributed by atoms with Crippen LogP contribution in [-0.4, -0.2) is 44.4 Å². The molecule has 0 spiro atoms. The molecular weight excluding hydrogens is 447 g/mol. The van der Waals surface area contributed by atoms with Gasteiger partial charge in [0.2, 0.25) is 15.9 Å². The number of rotatable bonds is 5. The number of amides is 1. The number of nitrogens with one attached hydrogen (secondary N) is 1. The Labute approximate surface area is 193 Å². The SMILES string of the molecule is COc1ccc2c(c1)OC(C)(C)C[C@H]2NC(=O)C1CCN(S(=O)(=O)c2ccc(F)cc2)CC1. The van der Waals surface area contributed by atoms with Gasteiger partial charge in [0.15, 0.2) is 0 Å². The highest BCUT2D eigenvalue weighted by Crippen LogP contribution is 2.41. The Balaban J connectivity index is 1.42. The van der Waals surface area contributed by atoms with E-state index in [2.05, 4.69) is 5.32 Å². The minimum Gasteiger partial charge on any atom is -0.497 e. The van der Waals surface area contributed by atoms with Crippen LogP contribution in [0.5, 0.6) is 11.5 Å². The number of hydrogen-bond donors (Lipinski definition) is 1. The van der Waals surface area contributed by atoms with E-state index in [0.29, 0.717) is 30.8 Å². The summed E-state index contributed by atoms with van der Waals surface area (Å²) >= 11 is 0. The van der Waals surface area contributed by atoms with Gasteiger partial charge in [0.05, 0.1) is 18.0 Å². The minimum absolute atomic E-state index is 0.0586. The number of carbonyl (C=O) groups excluding carboxylic acids is 1. The highest BCUT2D eigenvalue weighted by Gasteiger charge is 2.37. The predicted molar refractivity (Wildman–Crippen MR) is 121 cm³/mol. The largest absolute Gasteiger partial charge is 0.497 e. The zero-order chi connectivity index (χ0) is 23.8. The van der Waals surface area contributed by atoms with Crippen molar-refractivity contribution in [1.29, 1.82) is 0 Å². The van der Waals surface area contributed by atoms with E-state index < -0.39 is 21.4 Å². The average molecular weight is 477 g/mol. The Morgan fingerprint density at radius 1 is 1.15 bits per heavy atom. The van der Waals surface area contributed by atoms with Crippen LogP contribution >= 0.6 is 0 Å². The Morgan fingerprint density at radius 2 is 1.82 bits per heavy atom. The van der Waals surface area contributed by atoms with Crippen LogP contribution in [0.3, 0.4) is 0 Å². The summed E-state index contributed by atoms with van der Waals surface area (Å²) in [4.78, 5) is 13.1. The molecule has 2 heterocycles. The number of nitrogens with zero attached hydrogens (tertiary/aromatic N) is 1. The van der Waals surface area contributed by atoms with Gasteiger partial charge in [0.25, 0.3) is 0 Å². The predicted octanol–water partition coefficient (Wildman–Crippen LogP) is 3.65. The molecule has 33 heavy (non-hydrogen) atoms. The van der Waals surface area contributed by atoms with Crippen molar-refractivity contribution in [3.05, 3.63) is 53.8 Å². The molecular formula is C24H29FN2O5S. The van der Waals surface area contributed by atoms with Crippen molar-refractivity contribution in [2.24, 2.45) is 5.92 Å². The Kier molecular flexibility index (Phi) is 6.37. The van der Waals surface area contributed by atoms with E-state index in [9.17, 15) is 17.6 Å². The van der Waals surface area contributed by atoms with Crippen LogP contribution in [0.4, 0.5) is 4.39 Å². The zero-order valence-corrected chi connectivity index (χ0v) is 19.8. The fourth-order valence-corrected chi connectivity index (χ4v) is 5.96. The van der Waals surface area contributed by atoms with Crippen LogP contribution in [0.15, 0.2) is 47.4 Å². The van der Waals surface area contributed by atoms with E-state index in [0.717, 1.165) is 17.7 Å². The highest BCUT2D eigenvalue weighted by atomic mass is 32.2. The van der Waals surface area contributed by atoms with Crippen LogP contribution in [-0.2, 0) is 14.8 Å². The molecule has 0 aliphatic carbocycles. The van der Waals surface area contributed by atoms with E-state index in [1.165, 1.54) is 16.4 Å². The number of carbonyl (C=O) groups is 1. The van der Waals surface area contributed by atoms with Crippen molar-refractivity contribution in [3.63, 3.8) is 0 Å². The minimum atomic E-state index is -3.71. The standard InChI is InChI=1S/C24H29FN2O5S/c1-24(2)15-21(20-9-6-18(31-3)14-22(20)32-24)26-23(28)16-10-12-27(13-11-16)33(29,30)19-7-4-17(25)5-8-19/h4-9,14,16,21H,10-13,15H2,1-3H3,(H,26,28)/t21-/m1/s1. The normalized spacial score (nSPS) is 21.0. The zero-order valence-electron chi connectivity index (χ0n) is 19.0. The quantitative estimate of drug-likeness (QED) is 0.712. The van der Waals surface area contributed by atoms with Crippen LogP contribution in [0.2, 0.25) is 0 Å². The fraction of sp³-hybridized carbons (Fsp3) is 0.458. The third kappa shape index (κ3) is 4.99. The van der Waals surface area contributed by atoms with Crippen LogP contribution < -0.4 is 14.8 Å². The van der Waals surface area contributed by atoms with E-state index in [-0.39, 0.29) is 35.9 Å². The molecule has 1 saturated heterocycles. The van der Waals surface area contributed by atoms with Gasteiger partial charge in [-0.1, -0.05) is 0 Å². The lowest BCUT2D eigenvalue weighted by Crippen LogP contribution is -2.46. The van der Waals surface area contributed by atoms with Gasteiger partial charge < -0.3 is 14.8 Å².